The summed E-state index contributed by atoms with van der Waals surface area (Å²) in [6, 6.07) is 15.1. The van der Waals surface area contributed by atoms with E-state index in [1.165, 1.54) is 6.20 Å². The van der Waals surface area contributed by atoms with Crippen LogP contribution in [-0.2, 0) is 6.54 Å². The summed E-state index contributed by atoms with van der Waals surface area (Å²) >= 11 is 0. The number of carboxylic acid groups (broad SMARTS) is 1. The molecule has 0 unspecified atom stereocenters. The number of aromatic carboxylic acids is 1. The van der Waals surface area contributed by atoms with Crippen molar-refractivity contribution in [2.24, 2.45) is 5.73 Å². The maximum Gasteiger partial charge on any atom is 0.356 e. The number of ether oxygens (including phenoxy) is 1. The highest BCUT2D eigenvalue weighted by Gasteiger charge is 2.16. The maximum absolute atomic E-state index is 11.4. The van der Waals surface area contributed by atoms with Gasteiger partial charge in [-0.3, -0.25) is 4.57 Å². The van der Waals surface area contributed by atoms with Crippen molar-refractivity contribution >= 4 is 5.97 Å². The summed E-state index contributed by atoms with van der Waals surface area (Å²) in [5, 5.41) is 9.32. The summed E-state index contributed by atoms with van der Waals surface area (Å²) in [6.07, 6.45) is 1.51. The second-order valence-electron chi connectivity index (χ2n) is 5.46. The van der Waals surface area contributed by atoms with Crippen LogP contribution in [0.2, 0.25) is 0 Å². The third kappa shape index (κ3) is 3.54. The fourth-order valence-corrected chi connectivity index (χ4v) is 2.56. The molecule has 0 saturated heterocycles. The van der Waals surface area contributed by atoms with Crippen LogP contribution in [0.3, 0.4) is 0 Å². The minimum Gasteiger partial charge on any atom is -0.494 e. The largest absolute Gasteiger partial charge is 0.494 e. The molecule has 0 aliphatic carbocycles. The number of benzene rings is 2. The first kappa shape index (κ1) is 16.7. The van der Waals surface area contributed by atoms with E-state index in [2.05, 4.69) is 4.98 Å². The van der Waals surface area contributed by atoms with Crippen molar-refractivity contribution in [3.05, 3.63) is 66.0 Å². The van der Waals surface area contributed by atoms with Gasteiger partial charge in [-0.15, -0.1) is 0 Å². The fraction of sp³-hybridized carbons (Fsp3) is 0.158. The maximum atomic E-state index is 11.4. The van der Waals surface area contributed by atoms with E-state index in [1.807, 2.05) is 55.5 Å². The molecule has 0 radical (unpaired) electrons. The lowest BCUT2D eigenvalue weighted by Crippen LogP contribution is -1.99. The summed E-state index contributed by atoms with van der Waals surface area (Å²) in [5.74, 6) is 0.198. The SMILES string of the molecule is CCOc1cccc(-n2cc(C(=O)O)nc2-c2ccc(CN)cc2)c1. The Bertz CT molecular complexity index is 885. The summed E-state index contributed by atoms with van der Waals surface area (Å²) in [4.78, 5) is 15.7. The Morgan fingerprint density at radius 2 is 2.00 bits per heavy atom. The summed E-state index contributed by atoms with van der Waals surface area (Å²) in [5.41, 5.74) is 8.21. The third-order valence-corrected chi connectivity index (χ3v) is 3.78. The molecule has 128 valence electrons. The molecule has 25 heavy (non-hydrogen) atoms. The van der Waals surface area contributed by atoms with Crippen molar-refractivity contribution in [3.8, 4) is 22.8 Å². The fourth-order valence-electron chi connectivity index (χ4n) is 2.56. The average molecular weight is 337 g/mol. The molecular formula is C19H19N3O3. The summed E-state index contributed by atoms with van der Waals surface area (Å²) < 4.78 is 7.29. The van der Waals surface area contributed by atoms with Gasteiger partial charge in [-0.05, 0) is 24.6 Å². The Hall–Kier alpha value is -3.12. The first-order chi connectivity index (χ1) is 12.1. The van der Waals surface area contributed by atoms with Gasteiger partial charge in [0, 0.05) is 24.4 Å². The molecule has 0 amide bonds. The monoisotopic (exact) mass is 337 g/mol. The van der Waals surface area contributed by atoms with Crippen LogP contribution in [-0.4, -0.2) is 27.2 Å². The predicted octanol–water partition coefficient (Wildman–Crippen LogP) is 3.09. The van der Waals surface area contributed by atoms with E-state index in [1.54, 1.807) is 4.57 Å². The van der Waals surface area contributed by atoms with Gasteiger partial charge in [-0.2, -0.15) is 0 Å². The van der Waals surface area contributed by atoms with Gasteiger partial charge in [0.15, 0.2) is 5.69 Å². The van der Waals surface area contributed by atoms with Crippen LogP contribution in [0.25, 0.3) is 17.1 Å². The predicted molar refractivity (Wildman–Crippen MR) is 95.0 cm³/mol. The van der Waals surface area contributed by atoms with Gasteiger partial charge in [0.1, 0.15) is 11.6 Å². The zero-order chi connectivity index (χ0) is 17.8. The van der Waals surface area contributed by atoms with E-state index in [0.29, 0.717) is 19.0 Å². The zero-order valence-electron chi connectivity index (χ0n) is 13.8. The highest BCUT2D eigenvalue weighted by atomic mass is 16.5. The quantitative estimate of drug-likeness (QED) is 0.721. The topological polar surface area (TPSA) is 90.4 Å². The molecule has 3 aromatic rings. The number of nitrogens with zero attached hydrogens (tertiary/aromatic N) is 2. The van der Waals surface area contributed by atoms with Crippen LogP contribution in [0.5, 0.6) is 5.75 Å². The number of carboxylic acids is 1. The Kier molecular flexibility index (Phi) is 4.81. The van der Waals surface area contributed by atoms with Crippen molar-refractivity contribution in [1.82, 2.24) is 9.55 Å². The highest BCUT2D eigenvalue weighted by molar-refractivity contribution is 5.86. The van der Waals surface area contributed by atoms with Gasteiger partial charge in [-0.25, -0.2) is 9.78 Å². The Balaban J connectivity index is 2.11. The molecule has 2 aromatic carbocycles. The number of imidazole rings is 1. The van der Waals surface area contributed by atoms with Crippen LogP contribution >= 0.6 is 0 Å². The van der Waals surface area contributed by atoms with Gasteiger partial charge in [0.05, 0.1) is 12.3 Å². The summed E-state index contributed by atoms with van der Waals surface area (Å²) in [6.45, 7) is 2.92. The van der Waals surface area contributed by atoms with E-state index >= 15 is 0 Å². The molecule has 6 heteroatoms. The Labute approximate surface area is 145 Å². The van der Waals surface area contributed by atoms with Crippen LogP contribution in [0, 0.1) is 0 Å². The zero-order valence-corrected chi connectivity index (χ0v) is 13.8. The molecule has 3 rings (SSSR count). The van der Waals surface area contributed by atoms with Crippen LogP contribution in [0.15, 0.2) is 54.7 Å². The number of nitrogens with two attached hydrogens (primary N) is 1. The molecule has 0 aliphatic heterocycles. The van der Waals surface area contributed by atoms with Crippen molar-refractivity contribution in [2.75, 3.05) is 6.61 Å². The lowest BCUT2D eigenvalue weighted by atomic mass is 10.1. The first-order valence-electron chi connectivity index (χ1n) is 7.97. The van der Waals surface area contributed by atoms with E-state index < -0.39 is 5.97 Å². The van der Waals surface area contributed by atoms with Crippen LogP contribution < -0.4 is 10.5 Å². The molecule has 0 atom stereocenters. The molecule has 3 N–H and O–H groups in total. The number of aromatic nitrogens is 2. The molecule has 0 bridgehead atoms. The Morgan fingerprint density at radius 1 is 1.24 bits per heavy atom. The lowest BCUT2D eigenvalue weighted by Gasteiger charge is -2.10. The molecule has 0 saturated carbocycles. The van der Waals surface area contributed by atoms with Crippen LogP contribution in [0.1, 0.15) is 23.0 Å². The van der Waals surface area contributed by atoms with Gasteiger partial charge in [0.2, 0.25) is 0 Å². The normalized spacial score (nSPS) is 10.6. The molecule has 6 nitrogen and oxygen atoms in total. The average Bonchev–Trinajstić information content (AvgIpc) is 3.08. The van der Waals surface area contributed by atoms with Crippen LogP contribution in [0.4, 0.5) is 0 Å². The van der Waals surface area contributed by atoms with Crippen molar-refractivity contribution in [1.29, 1.82) is 0 Å². The smallest absolute Gasteiger partial charge is 0.356 e. The number of hydrogen-bond donors (Lipinski definition) is 2. The van der Waals surface area contributed by atoms with Gasteiger partial charge in [0.25, 0.3) is 0 Å². The summed E-state index contributed by atoms with van der Waals surface area (Å²) in [7, 11) is 0. The first-order valence-corrected chi connectivity index (χ1v) is 7.97. The molecule has 0 aliphatic rings. The van der Waals surface area contributed by atoms with E-state index in [4.69, 9.17) is 10.5 Å². The molecule has 0 fully saturated rings. The van der Waals surface area contributed by atoms with Crippen molar-refractivity contribution < 1.29 is 14.6 Å². The van der Waals surface area contributed by atoms with E-state index in [0.717, 1.165) is 22.6 Å². The third-order valence-electron chi connectivity index (χ3n) is 3.78. The van der Waals surface area contributed by atoms with Gasteiger partial charge >= 0.3 is 5.97 Å². The minimum absolute atomic E-state index is 0.0142. The highest BCUT2D eigenvalue weighted by Crippen LogP contribution is 2.25. The standard InChI is InChI=1S/C19H19N3O3/c1-2-25-16-5-3-4-15(10-16)22-12-17(19(23)24)21-18(22)14-8-6-13(11-20)7-9-14/h3-10,12H,2,11,20H2,1H3,(H,23,24). The van der Waals surface area contributed by atoms with Gasteiger partial charge < -0.3 is 15.6 Å². The minimum atomic E-state index is -1.07. The Morgan fingerprint density at radius 3 is 2.64 bits per heavy atom. The van der Waals surface area contributed by atoms with E-state index in [-0.39, 0.29) is 5.69 Å². The second kappa shape index (κ2) is 7.19. The molecule has 0 spiro atoms. The molecular weight excluding hydrogens is 318 g/mol. The molecule has 1 aromatic heterocycles. The molecule has 1 heterocycles. The second-order valence-corrected chi connectivity index (χ2v) is 5.46. The van der Waals surface area contributed by atoms with Crippen molar-refractivity contribution in [3.63, 3.8) is 0 Å². The number of hydrogen-bond acceptors (Lipinski definition) is 4. The van der Waals surface area contributed by atoms with Crippen molar-refractivity contribution in [2.45, 2.75) is 13.5 Å². The number of carbonyl (C=O) groups is 1. The number of rotatable bonds is 6. The lowest BCUT2D eigenvalue weighted by molar-refractivity contribution is 0.0691. The van der Waals surface area contributed by atoms with Gasteiger partial charge in [-0.1, -0.05) is 30.3 Å². The van der Waals surface area contributed by atoms with E-state index in [9.17, 15) is 9.90 Å².